The predicted molar refractivity (Wildman–Crippen MR) is 45.7 cm³/mol. The Balaban J connectivity index is 2.45. The highest BCUT2D eigenvalue weighted by atomic mass is 16.5. The second-order valence-electron chi connectivity index (χ2n) is 2.69. The maximum atomic E-state index is 5.21. The van der Waals surface area contributed by atoms with Crippen LogP contribution in [0, 0.1) is 0 Å². The molecule has 0 spiro atoms. The molecule has 58 valence electrons. The van der Waals surface area contributed by atoms with Crippen LogP contribution in [0.1, 0.15) is 12.5 Å². The summed E-state index contributed by atoms with van der Waals surface area (Å²) in [4.78, 5) is 0. The highest BCUT2D eigenvalue weighted by molar-refractivity contribution is 5.91. The van der Waals surface area contributed by atoms with Gasteiger partial charge in [-0.2, -0.15) is 0 Å². The molecule has 11 heavy (non-hydrogen) atoms. The van der Waals surface area contributed by atoms with Gasteiger partial charge in [-0.05, 0) is 18.1 Å². The molecule has 1 aliphatic heterocycles. The highest BCUT2D eigenvalue weighted by Gasteiger charge is 2.18. The lowest BCUT2D eigenvalue weighted by molar-refractivity contribution is 0.411. The molecule has 0 radical (unpaired) electrons. The Labute approximate surface area is 66.2 Å². The van der Waals surface area contributed by atoms with E-state index in [0.29, 0.717) is 0 Å². The Morgan fingerprint density at radius 3 is 2.73 bits per heavy atom. The Hall–Kier alpha value is -1.18. The van der Waals surface area contributed by atoms with Gasteiger partial charge in [0.2, 0.25) is 0 Å². The summed E-state index contributed by atoms with van der Waals surface area (Å²) >= 11 is 0. The molecule has 0 fully saturated rings. The molecular weight excluding hydrogens is 138 g/mol. The summed E-state index contributed by atoms with van der Waals surface area (Å²) in [7, 11) is 1.71. The Morgan fingerprint density at radius 1 is 1.36 bits per heavy atom. The fraction of sp³-hybridized carbons (Fsp3) is 0.333. The second kappa shape index (κ2) is 2.16. The zero-order valence-electron chi connectivity index (χ0n) is 6.77. The lowest BCUT2D eigenvalue weighted by Gasteiger charge is -2.02. The van der Waals surface area contributed by atoms with Crippen molar-refractivity contribution in [3.63, 3.8) is 0 Å². The third kappa shape index (κ3) is 0.946. The summed E-state index contributed by atoms with van der Waals surface area (Å²) in [5.41, 5.74) is 3.73. The van der Waals surface area contributed by atoms with Gasteiger partial charge < -0.3 is 10.1 Å². The van der Waals surface area contributed by atoms with Crippen LogP contribution in [0.4, 0.5) is 11.4 Å². The molecule has 1 aliphatic rings. The minimum absolute atomic E-state index is 0.997. The first-order valence-electron chi connectivity index (χ1n) is 3.83. The number of ether oxygens (including phenoxy) is 1. The van der Waals surface area contributed by atoms with Crippen molar-refractivity contribution in [2.24, 2.45) is 0 Å². The number of aryl methyl sites for hydroxylation is 1. The third-order valence-electron chi connectivity index (χ3n) is 2.01. The molecule has 0 saturated heterocycles. The predicted octanol–water partition coefficient (Wildman–Crippen LogP) is 2.31. The zero-order chi connectivity index (χ0) is 7.84. The number of fused-ring (bicyclic) bond motifs is 1. The van der Waals surface area contributed by atoms with Crippen LogP contribution in [0.25, 0.3) is 0 Å². The van der Waals surface area contributed by atoms with E-state index in [4.69, 9.17) is 4.74 Å². The molecule has 0 unspecified atom stereocenters. The zero-order valence-corrected chi connectivity index (χ0v) is 6.77. The summed E-state index contributed by atoms with van der Waals surface area (Å²) in [6.07, 6.45) is 1.03. The van der Waals surface area contributed by atoms with Gasteiger partial charge in [0, 0.05) is 6.07 Å². The van der Waals surface area contributed by atoms with Crippen LogP contribution in [0.2, 0.25) is 0 Å². The number of hydrogen-bond acceptors (Lipinski definition) is 2. The van der Waals surface area contributed by atoms with E-state index in [1.807, 2.05) is 6.07 Å². The number of benzene rings is 1. The van der Waals surface area contributed by atoms with Crippen molar-refractivity contribution >= 4 is 11.4 Å². The summed E-state index contributed by atoms with van der Waals surface area (Å²) in [5.74, 6) is 0.997. The fourth-order valence-corrected chi connectivity index (χ4v) is 1.28. The summed E-state index contributed by atoms with van der Waals surface area (Å²) in [6, 6.07) is 4.20. The average molecular weight is 149 g/mol. The Morgan fingerprint density at radius 2 is 2.09 bits per heavy atom. The van der Waals surface area contributed by atoms with Gasteiger partial charge in [-0.1, -0.05) is 6.92 Å². The van der Waals surface area contributed by atoms with Crippen molar-refractivity contribution in [2.75, 3.05) is 12.4 Å². The van der Waals surface area contributed by atoms with Gasteiger partial charge >= 0.3 is 0 Å². The van der Waals surface area contributed by atoms with E-state index in [1.165, 1.54) is 16.9 Å². The molecule has 0 amide bonds. The summed E-state index contributed by atoms with van der Waals surface area (Å²) in [5, 5.41) is 3.16. The largest absolute Gasteiger partial charge is 0.496 e. The normalized spacial score (nSPS) is 11.8. The van der Waals surface area contributed by atoms with E-state index in [0.717, 1.165) is 12.2 Å². The first-order valence-corrected chi connectivity index (χ1v) is 3.83. The van der Waals surface area contributed by atoms with Gasteiger partial charge in [0.05, 0.1) is 18.5 Å². The van der Waals surface area contributed by atoms with E-state index in [-0.39, 0.29) is 0 Å². The van der Waals surface area contributed by atoms with Gasteiger partial charge in [0.15, 0.2) is 0 Å². The SMILES string of the molecule is CCc1cc2c(cc1OC)N2. The van der Waals surface area contributed by atoms with E-state index in [2.05, 4.69) is 18.3 Å². The van der Waals surface area contributed by atoms with Gasteiger partial charge in [0.1, 0.15) is 5.75 Å². The Bertz CT molecular complexity index is 265. The van der Waals surface area contributed by atoms with E-state index >= 15 is 0 Å². The smallest absolute Gasteiger partial charge is 0.124 e. The first-order chi connectivity index (χ1) is 5.35. The van der Waals surface area contributed by atoms with E-state index in [1.54, 1.807) is 7.11 Å². The minimum atomic E-state index is 0.997. The van der Waals surface area contributed by atoms with Crippen molar-refractivity contribution in [1.82, 2.24) is 0 Å². The van der Waals surface area contributed by atoms with Crippen LogP contribution < -0.4 is 10.1 Å². The first kappa shape index (κ1) is 6.53. The summed E-state index contributed by atoms with van der Waals surface area (Å²) < 4.78 is 5.21. The molecule has 1 N–H and O–H groups in total. The summed E-state index contributed by atoms with van der Waals surface area (Å²) in [6.45, 7) is 2.13. The van der Waals surface area contributed by atoms with Gasteiger partial charge in [-0.25, -0.2) is 0 Å². The van der Waals surface area contributed by atoms with Crippen molar-refractivity contribution in [3.05, 3.63) is 17.7 Å². The molecule has 0 aromatic heterocycles. The lowest BCUT2D eigenvalue weighted by atomic mass is 10.1. The molecule has 0 bridgehead atoms. The fourth-order valence-electron chi connectivity index (χ4n) is 1.28. The van der Waals surface area contributed by atoms with Gasteiger partial charge in [-0.3, -0.25) is 0 Å². The topological polar surface area (TPSA) is 31.2 Å². The standard InChI is InChI=1S/C9H11NO/c1-3-6-4-7-8(10-7)5-9(6)11-2/h4-5,10H,3H2,1-2H3. The second-order valence-corrected chi connectivity index (χ2v) is 2.69. The maximum absolute atomic E-state index is 5.21. The van der Waals surface area contributed by atoms with Gasteiger partial charge in [-0.15, -0.1) is 0 Å². The monoisotopic (exact) mass is 149 g/mol. The van der Waals surface area contributed by atoms with Crippen LogP contribution in [0.15, 0.2) is 12.1 Å². The maximum Gasteiger partial charge on any atom is 0.124 e. The molecule has 2 rings (SSSR count). The number of anilines is 2. The van der Waals surface area contributed by atoms with Crippen molar-refractivity contribution < 1.29 is 4.74 Å². The highest BCUT2D eigenvalue weighted by Crippen LogP contribution is 2.43. The quantitative estimate of drug-likeness (QED) is 0.664. The molecule has 1 heterocycles. The molecule has 0 saturated carbocycles. The number of hydrogen-bond donors (Lipinski definition) is 1. The van der Waals surface area contributed by atoms with Crippen molar-refractivity contribution in [3.8, 4) is 5.75 Å². The molecule has 2 heteroatoms. The van der Waals surface area contributed by atoms with Crippen LogP contribution in [-0.2, 0) is 6.42 Å². The average Bonchev–Trinajstić information content (AvgIpc) is 2.79. The van der Waals surface area contributed by atoms with E-state index in [9.17, 15) is 0 Å². The lowest BCUT2D eigenvalue weighted by Crippen LogP contribution is -1.87. The van der Waals surface area contributed by atoms with Crippen LogP contribution >= 0.6 is 0 Å². The molecule has 1 aromatic carbocycles. The number of rotatable bonds is 2. The molecule has 2 nitrogen and oxygen atoms in total. The van der Waals surface area contributed by atoms with Crippen LogP contribution in [-0.4, -0.2) is 7.11 Å². The molecule has 0 aliphatic carbocycles. The molecular formula is C9H11NO. The van der Waals surface area contributed by atoms with E-state index < -0.39 is 0 Å². The van der Waals surface area contributed by atoms with Crippen molar-refractivity contribution in [1.29, 1.82) is 0 Å². The van der Waals surface area contributed by atoms with Crippen molar-refractivity contribution in [2.45, 2.75) is 13.3 Å². The Kier molecular flexibility index (Phi) is 1.28. The minimum Gasteiger partial charge on any atom is -0.496 e. The number of methoxy groups -OCH3 is 1. The molecule has 0 atom stereocenters. The third-order valence-corrected chi connectivity index (χ3v) is 2.01. The van der Waals surface area contributed by atoms with Crippen LogP contribution in [0.3, 0.4) is 0 Å². The van der Waals surface area contributed by atoms with Gasteiger partial charge in [0.25, 0.3) is 0 Å². The van der Waals surface area contributed by atoms with Crippen LogP contribution in [0.5, 0.6) is 5.75 Å². The number of nitrogens with one attached hydrogen (secondary N) is 1. The molecule has 1 aromatic rings.